The number of aromatic nitrogens is 1. The van der Waals surface area contributed by atoms with Crippen LogP contribution in [0.4, 0.5) is 5.69 Å². The zero-order chi connectivity index (χ0) is 57.3. The molecule has 3 aliphatic heterocycles. The van der Waals surface area contributed by atoms with E-state index in [1.54, 1.807) is 16.2 Å². The van der Waals surface area contributed by atoms with Gasteiger partial charge in [0, 0.05) is 45.3 Å². The minimum absolute atomic E-state index is 0.0163. The maximum atomic E-state index is 14.0. The molecule has 4 aromatic rings. The average molecular weight is 1120 g/mol. The number of Topliss-reactive ketones (excluding diaryl/α,β-unsaturated/α-hetero) is 2. The van der Waals surface area contributed by atoms with Crippen molar-refractivity contribution in [2.24, 2.45) is 22.8 Å². The standard InChI is InChI=1S/C61H82N6O12S/c1-39-57(80-38-64-39)45-18-15-42(16-19-45)17-23-52(69)50-34-48(68)35-66(50)60(74)58(61(3,4)5)65-55(72)37-78-31-30-77-29-28-76-27-26-75-25-7-8-41-11-13-43(14-12-41)36-79-40(2)46(21-24-54(63)71)33-53(70)51-32-47-10-6-9-44-20-22-49(62)59(73)67(51)56(44)47/h6,9-16,18-19,38,40,46,48-51,58,68H,7-8,17,20-37,62H2,1-5H3,(H2,63,71)(H,65,72)/t40-,46-,48-,49+,50+,51+,58-/m1/s1. The molecule has 0 saturated carbocycles. The second kappa shape index (κ2) is 29.8. The fraction of sp³-hybridized carbons (Fsp3) is 0.557. The van der Waals surface area contributed by atoms with Crippen molar-refractivity contribution in [3.63, 3.8) is 0 Å². The summed E-state index contributed by atoms with van der Waals surface area (Å²) in [6.07, 6.45) is 3.66. The first-order valence-corrected chi connectivity index (χ1v) is 29.1. The van der Waals surface area contributed by atoms with Crippen molar-refractivity contribution >= 4 is 52.2 Å². The fourth-order valence-corrected chi connectivity index (χ4v) is 11.5. The van der Waals surface area contributed by atoms with Crippen LogP contribution in [0.25, 0.3) is 10.4 Å². The molecule has 0 bridgehead atoms. The number of ether oxygens (including phenoxy) is 5. The van der Waals surface area contributed by atoms with Crippen LogP contribution in [-0.2, 0) is 84.7 Å². The van der Waals surface area contributed by atoms with E-state index in [4.69, 9.17) is 35.2 Å². The molecule has 0 unspecified atom stereocenters. The van der Waals surface area contributed by atoms with E-state index < -0.39 is 53.4 Å². The van der Waals surface area contributed by atoms with Crippen LogP contribution in [0.5, 0.6) is 0 Å². The molecule has 19 heteroatoms. The molecule has 1 saturated heterocycles. The molecular formula is C61H82N6O12S. The van der Waals surface area contributed by atoms with Crippen LogP contribution in [-0.4, -0.2) is 146 Å². The molecule has 4 amide bonds. The second-order valence-electron chi connectivity index (χ2n) is 22.5. The predicted molar refractivity (Wildman–Crippen MR) is 305 cm³/mol. The van der Waals surface area contributed by atoms with Gasteiger partial charge in [-0.3, -0.25) is 33.7 Å². The smallest absolute Gasteiger partial charge is 0.246 e. The lowest BCUT2D eigenvalue weighted by molar-refractivity contribution is -0.144. The Hall–Kier alpha value is -5.77. The lowest BCUT2D eigenvalue weighted by Crippen LogP contribution is -2.57. The molecule has 434 valence electrons. The summed E-state index contributed by atoms with van der Waals surface area (Å²) in [4.78, 5) is 88.3. The van der Waals surface area contributed by atoms with E-state index in [2.05, 4.69) is 22.4 Å². The Labute approximate surface area is 474 Å². The second-order valence-corrected chi connectivity index (χ2v) is 23.3. The summed E-state index contributed by atoms with van der Waals surface area (Å²) in [5.74, 6) is -2.02. The lowest BCUT2D eigenvalue weighted by Gasteiger charge is -2.35. The summed E-state index contributed by atoms with van der Waals surface area (Å²) in [5, 5.41) is 13.4. The number of hydrogen-bond donors (Lipinski definition) is 4. The van der Waals surface area contributed by atoms with Gasteiger partial charge in [-0.25, -0.2) is 4.98 Å². The maximum Gasteiger partial charge on any atom is 0.246 e. The number of β-amino-alcohol motifs (C(OH)–C–C–N with tert-alkyl or cyclic N) is 1. The summed E-state index contributed by atoms with van der Waals surface area (Å²) < 4.78 is 28.9. The Morgan fingerprint density at radius 2 is 1.46 bits per heavy atom. The SMILES string of the molecule is Cc1ncsc1-c1ccc(CCC(=O)[C@@H]2C[C@@H](O)CN2C(=O)[C@@H](NC(=O)COCCOCCOCCOCCCc2ccc(CO[C@H](C)[C@H](CCC(N)=O)CC(=O)[C@@H]3Cc4cccc5c4N3C(=O)[C@@H](N)CC5)cc2)C(C)(C)C)cc1. The van der Waals surface area contributed by atoms with Gasteiger partial charge >= 0.3 is 0 Å². The van der Waals surface area contributed by atoms with Gasteiger partial charge in [0.15, 0.2) is 11.6 Å². The highest BCUT2D eigenvalue weighted by Gasteiger charge is 2.45. The number of aryl methyl sites for hydroxylation is 4. The summed E-state index contributed by atoms with van der Waals surface area (Å²) in [7, 11) is 0. The number of primary amides is 1. The van der Waals surface area contributed by atoms with E-state index in [1.165, 1.54) is 4.90 Å². The van der Waals surface area contributed by atoms with Crippen LogP contribution in [0.2, 0.25) is 0 Å². The number of likely N-dealkylation sites (tertiary alicyclic amines) is 1. The molecule has 0 aliphatic carbocycles. The van der Waals surface area contributed by atoms with Crippen molar-refractivity contribution in [1.82, 2.24) is 15.2 Å². The van der Waals surface area contributed by atoms with Gasteiger partial charge in [-0.2, -0.15) is 0 Å². The van der Waals surface area contributed by atoms with E-state index in [1.807, 2.05) is 94.7 Å². The van der Waals surface area contributed by atoms with E-state index >= 15 is 0 Å². The number of nitrogens with two attached hydrogens (primary N) is 2. The summed E-state index contributed by atoms with van der Waals surface area (Å²) >= 11 is 1.58. The molecule has 0 spiro atoms. The number of rotatable bonds is 32. The van der Waals surface area contributed by atoms with E-state index in [-0.39, 0.29) is 81.5 Å². The molecular weight excluding hydrogens is 1040 g/mol. The first kappa shape index (κ1) is 61.8. The summed E-state index contributed by atoms with van der Waals surface area (Å²) in [5.41, 5.74) is 21.0. The van der Waals surface area contributed by atoms with Gasteiger partial charge in [0.1, 0.15) is 12.6 Å². The van der Waals surface area contributed by atoms with E-state index in [0.29, 0.717) is 71.7 Å². The third-order valence-electron chi connectivity index (χ3n) is 15.3. The van der Waals surface area contributed by atoms with Gasteiger partial charge in [-0.05, 0) is 97.1 Å². The fourth-order valence-electron chi connectivity index (χ4n) is 10.7. The van der Waals surface area contributed by atoms with Crippen molar-refractivity contribution in [2.45, 2.75) is 148 Å². The molecule has 7 atom stereocenters. The number of anilines is 1. The Bertz CT molecular complexity index is 2710. The summed E-state index contributed by atoms with van der Waals surface area (Å²) in [6, 6.07) is 19.2. The van der Waals surface area contributed by atoms with Crippen molar-refractivity contribution in [3.05, 3.63) is 106 Å². The Morgan fingerprint density at radius 3 is 2.12 bits per heavy atom. The quantitative estimate of drug-likeness (QED) is 0.0423. The molecule has 3 aromatic carbocycles. The number of aliphatic hydroxyl groups is 1. The first-order chi connectivity index (χ1) is 38.4. The van der Waals surface area contributed by atoms with Crippen molar-refractivity contribution in [2.75, 3.05) is 64.3 Å². The van der Waals surface area contributed by atoms with Crippen molar-refractivity contribution in [3.8, 4) is 10.4 Å². The van der Waals surface area contributed by atoms with Gasteiger partial charge in [-0.15, -0.1) is 11.3 Å². The maximum absolute atomic E-state index is 14.0. The van der Waals surface area contributed by atoms with Crippen molar-refractivity contribution < 1.29 is 57.6 Å². The molecule has 80 heavy (non-hydrogen) atoms. The Balaban J connectivity index is 0.716. The lowest BCUT2D eigenvalue weighted by atomic mass is 9.85. The first-order valence-electron chi connectivity index (χ1n) is 28.2. The van der Waals surface area contributed by atoms with Gasteiger partial charge in [0.2, 0.25) is 23.6 Å². The number of amides is 4. The third-order valence-corrected chi connectivity index (χ3v) is 16.3. The van der Waals surface area contributed by atoms with Gasteiger partial charge in [0.25, 0.3) is 0 Å². The van der Waals surface area contributed by atoms with Gasteiger partial charge in [-0.1, -0.05) is 87.5 Å². The normalized spacial score (nSPS) is 19.1. The van der Waals surface area contributed by atoms with E-state index in [9.17, 15) is 33.9 Å². The Morgan fingerprint density at radius 1 is 0.825 bits per heavy atom. The van der Waals surface area contributed by atoms with Gasteiger partial charge < -0.3 is 50.5 Å². The molecule has 1 aromatic heterocycles. The molecule has 6 N–H and O–H groups in total. The van der Waals surface area contributed by atoms with Crippen LogP contribution < -0.4 is 21.7 Å². The number of nitrogens with zero attached hydrogens (tertiary/aromatic N) is 3. The highest BCUT2D eigenvalue weighted by molar-refractivity contribution is 7.13. The van der Waals surface area contributed by atoms with Gasteiger partial charge in [0.05, 0.1) is 98.4 Å². The highest BCUT2D eigenvalue weighted by atomic mass is 32.1. The molecule has 3 aliphatic rings. The largest absolute Gasteiger partial charge is 0.391 e. The zero-order valence-electron chi connectivity index (χ0n) is 47.2. The number of hydrogen-bond acceptors (Lipinski definition) is 15. The molecule has 18 nitrogen and oxygen atoms in total. The highest BCUT2D eigenvalue weighted by Crippen LogP contribution is 2.40. The molecule has 1 fully saturated rings. The number of thiazole rings is 1. The number of aliphatic hydroxyl groups excluding tert-OH is 1. The van der Waals surface area contributed by atoms with Crippen LogP contribution in [0.15, 0.2) is 72.2 Å². The number of carbonyl (C=O) groups is 6. The minimum atomic E-state index is -0.946. The zero-order valence-corrected chi connectivity index (χ0v) is 48.0. The van der Waals surface area contributed by atoms with Crippen LogP contribution in [0, 0.1) is 18.3 Å². The predicted octanol–water partition coefficient (Wildman–Crippen LogP) is 5.79. The van der Waals surface area contributed by atoms with Crippen LogP contribution >= 0.6 is 11.3 Å². The molecule has 7 rings (SSSR count). The monoisotopic (exact) mass is 1120 g/mol. The van der Waals surface area contributed by atoms with Crippen molar-refractivity contribution in [1.29, 1.82) is 0 Å². The number of benzene rings is 3. The Kier molecular flexibility index (Phi) is 23.0. The number of carbonyl (C=O) groups excluding carboxylic acids is 6. The number of nitrogens with one attached hydrogen (secondary N) is 1. The number of para-hydroxylation sites is 1. The molecule has 4 heterocycles. The van der Waals surface area contributed by atoms with E-state index in [0.717, 1.165) is 62.5 Å². The summed E-state index contributed by atoms with van der Waals surface area (Å²) in [6.45, 7) is 12.0. The number of ketones is 2. The molecule has 0 radical (unpaired) electrons. The van der Waals surface area contributed by atoms with Crippen LogP contribution in [0.1, 0.15) is 106 Å². The average Bonchev–Trinajstić information content (AvgIpc) is 4.32. The topological polar surface area (TPSA) is 252 Å². The minimum Gasteiger partial charge on any atom is -0.391 e. The third kappa shape index (κ3) is 17.4. The van der Waals surface area contributed by atoms with Crippen LogP contribution in [0.3, 0.4) is 0 Å².